The van der Waals surface area contributed by atoms with Gasteiger partial charge in [-0.05, 0) is 91.3 Å². The minimum atomic E-state index is -1.02. The molecular formula is C46H51F2N7O6. The summed E-state index contributed by atoms with van der Waals surface area (Å²) in [6.45, 7) is 18.1. The highest BCUT2D eigenvalue weighted by Gasteiger charge is 2.54. The summed E-state index contributed by atoms with van der Waals surface area (Å²) in [6.07, 6.45) is 5.56. The fourth-order valence-electron chi connectivity index (χ4n) is 10.1. The quantitative estimate of drug-likeness (QED) is 0.154. The van der Waals surface area contributed by atoms with Crippen molar-refractivity contribution in [3.8, 4) is 35.5 Å². The third-order valence-electron chi connectivity index (χ3n) is 12.3. The van der Waals surface area contributed by atoms with E-state index < -0.39 is 53.1 Å². The van der Waals surface area contributed by atoms with Gasteiger partial charge in [-0.15, -0.1) is 6.42 Å². The summed E-state index contributed by atoms with van der Waals surface area (Å²) in [5.74, 6) is 2.37. The molecule has 9 rings (SSSR count). The number of fused-ring (bicyclic) bond motifs is 7. The van der Waals surface area contributed by atoms with E-state index in [1.54, 1.807) is 45.0 Å². The Morgan fingerprint density at radius 3 is 2.57 bits per heavy atom. The van der Waals surface area contributed by atoms with Crippen molar-refractivity contribution in [1.82, 2.24) is 24.8 Å². The van der Waals surface area contributed by atoms with E-state index in [0.717, 1.165) is 12.0 Å². The lowest BCUT2D eigenvalue weighted by molar-refractivity contribution is 0.000914. The Morgan fingerprint density at radius 2 is 1.84 bits per heavy atom. The number of rotatable bonds is 5. The minimum absolute atomic E-state index is 0.0619. The summed E-state index contributed by atoms with van der Waals surface area (Å²) in [5.41, 5.74) is -0.286. The molecule has 2 bridgehead atoms. The van der Waals surface area contributed by atoms with Crippen molar-refractivity contribution in [3.05, 3.63) is 53.9 Å². The van der Waals surface area contributed by atoms with Gasteiger partial charge < -0.3 is 23.8 Å². The van der Waals surface area contributed by atoms with Crippen LogP contribution in [-0.4, -0.2) is 110 Å². The number of anilines is 2. The van der Waals surface area contributed by atoms with Crippen LogP contribution in [0.3, 0.4) is 0 Å². The lowest BCUT2D eigenvalue weighted by Gasteiger charge is -2.48. The Labute approximate surface area is 353 Å². The first-order valence-corrected chi connectivity index (χ1v) is 20.9. The van der Waals surface area contributed by atoms with Crippen molar-refractivity contribution >= 4 is 45.4 Å². The second kappa shape index (κ2) is 14.4. The smallest absolute Gasteiger partial charge is 0.412 e. The first kappa shape index (κ1) is 40.6. The van der Waals surface area contributed by atoms with Gasteiger partial charge in [0, 0.05) is 48.3 Å². The molecule has 7 heterocycles. The molecule has 5 aliphatic rings. The Hall–Kier alpha value is -5.75. The molecule has 6 atom stereocenters. The molecule has 1 N–H and O–H groups in total. The van der Waals surface area contributed by atoms with Crippen LogP contribution in [0.2, 0.25) is 0 Å². The Bertz CT molecular complexity index is 2550. The number of terminal acetylenes is 1. The summed E-state index contributed by atoms with van der Waals surface area (Å²) < 4.78 is 57.4. The van der Waals surface area contributed by atoms with Crippen molar-refractivity contribution in [2.75, 3.05) is 36.5 Å². The third-order valence-corrected chi connectivity index (χ3v) is 12.3. The molecule has 4 fully saturated rings. The van der Waals surface area contributed by atoms with Gasteiger partial charge in [-0.3, -0.25) is 15.1 Å². The summed E-state index contributed by atoms with van der Waals surface area (Å²) >= 11 is 0. The predicted molar refractivity (Wildman–Crippen MR) is 227 cm³/mol. The lowest BCUT2D eigenvalue weighted by atomic mass is 9.93. The minimum Gasteiger partial charge on any atom is -0.472 e. The van der Waals surface area contributed by atoms with Gasteiger partial charge in [0.15, 0.2) is 5.82 Å². The highest BCUT2D eigenvalue weighted by Crippen LogP contribution is 2.48. The first-order valence-electron chi connectivity index (χ1n) is 20.9. The van der Waals surface area contributed by atoms with Crippen LogP contribution < -0.4 is 19.7 Å². The second-order valence-corrected chi connectivity index (χ2v) is 19.1. The van der Waals surface area contributed by atoms with Gasteiger partial charge in [-0.25, -0.2) is 23.4 Å². The molecule has 2 aromatic heterocycles. The Morgan fingerprint density at radius 1 is 1.07 bits per heavy atom. The zero-order chi connectivity index (χ0) is 43.3. The number of nitrogens with zero attached hydrogens (tertiary/aromatic N) is 6. The molecule has 5 aliphatic heterocycles. The molecule has 320 valence electrons. The van der Waals surface area contributed by atoms with Crippen LogP contribution in [-0.2, 0) is 9.47 Å². The van der Waals surface area contributed by atoms with E-state index >= 15 is 4.39 Å². The number of piperazine rings is 1. The molecule has 4 saturated heterocycles. The number of carbonyl (C=O) groups is 2. The summed E-state index contributed by atoms with van der Waals surface area (Å²) in [5, 5.41) is 4.18. The molecule has 0 saturated carbocycles. The van der Waals surface area contributed by atoms with Crippen molar-refractivity contribution < 1.29 is 37.3 Å². The van der Waals surface area contributed by atoms with E-state index in [4.69, 9.17) is 40.3 Å². The number of hydrogen-bond donors (Lipinski definition) is 1. The molecule has 13 nitrogen and oxygen atoms in total. The monoisotopic (exact) mass is 835 g/mol. The normalized spacial score (nSPS) is 25.8. The number of hydrogen-bond acceptors (Lipinski definition) is 11. The van der Waals surface area contributed by atoms with E-state index in [0.29, 0.717) is 53.8 Å². The topological polar surface area (TPSA) is 131 Å². The van der Waals surface area contributed by atoms with Crippen LogP contribution in [0.15, 0.2) is 42.5 Å². The zero-order valence-electron chi connectivity index (χ0n) is 35.6. The molecule has 2 amide bonds. The first-order chi connectivity index (χ1) is 28.8. The van der Waals surface area contributed by atoms with Crippen molar-refractivity contribution in [2.45, 2.75) is 121 Å². The van der Waals surface area contributed by atoms with Gasteiger partial charge in [0.1, 0.15) is 52.5 Å². The van der Waals surface area contributed by atoms with Gasteiger partial charge in [-0.2, -0.15) is 9.97 Å². The number of halogens is 2. The van der Waals surface area contributed by atoms with Crippen LogP contribution >= 0.6 is 0 Å². The fraction of sp³-hybridized carbons (Fsp3) is 0.500. The second-order valence-electron chi connectivity index (χ2n) is 19.1. The van der Waals surface area contributed by atoms with Gasteiger partial charge in [-0.1, -0.05) is 30.2 Å². The van der Waals surface area contributed by atoms with Gasteiger partial charge in [0.05, 0.1) is 23.7 Å². The molecule has 61 heavy (non-hydrogen) atoms. The van der Waals surface area contributed by atoms with E-state index in [1.807, 2.05) is 38.7 Å². The van der Waals surface area contributed by atoms with Gasteiger partial charge >= 0.3 is 18.2 Å². The summed E-state index contributed by atoms with van der Waals surface area (Å²) in [6, 6.07) is 7.60. The van der Waals surface area contributed by atoms with E-state index in [1.165, 1.54) is 0 Å². The largest absolute Gasteiger partial charge is 0.472 e. The van der Waals surface area contributed by atoms with Crippen LogP contribution in [0.25, 0.3) is 32.9 Å². The number of nitrogens with one attached hydrogen (secondary N) is 1. The van der Waals surface area contributed by atoms with E-state index in [9.17, 15) is 14.0 Å². The van der Waals surface area contributed by atoms with Gasteiger partial charge in [0.2, 0.25) is 5.88 Å². The summed E-state index contributed by atoms with van der Waals surface area (Å²) in [4.78, 5) is 47.4. The third kappa shape index (κ3) is 7.22. The van der Waals surface area contributed by atoms with Crippen LogP contribution in [0, 0.1) is 18.2 Å². The molecule has 1 unspecified atom stereocenters. The van der Waals surface area contributed by atoms with Gasteiger partial charge in [0.25, 0.3) is 0 Å². The van der Waals surface area contributed by atoms with Crippen LogP contribution in [0.1, 0.15) is 79.7 Å². The highest BCUT2D eigenvalue weighted by atomic mass is 19.1. The summed E-state index contributed by atoms with van der Waals surface area (Å²) in [7, 11) is 0. The maximum atomic E-state index is 17.9. The average molecular weight is 836 g/mol. The number of benzene rings is 2. The Kier molecular flexibility index (Phi) is 9.61. The number of carbonyl (C=O) groups excluding carboxylic acids is 2. The van der Waals surface area contributed by atoms with Crippen LogP contribution in [0.4, 0.5) is 29.9 Å². The average Bonchev–Trinajstić information content (AvgIpc) is 3.73. The Balaban J connectivity index is 1.22. The zero-order valence-corrected chi connectivity index (χ0v) is 35.6. The highest BCUT2D eigenvalue weighted by molar-refractivity contribution is 6.06. The van der Waals surface area contributed by atoms with Crippen molar-refractivity contribution in [3.63, 3.8) is 0 Å². The fourth-order valence-corrected chi connectivity index (χ4v) is 10.1. The maximum Gasteiger partial charge on any atom is 0.412 e. The van der Waals surface area contributed by atoms with Crippen LogP contribution in [0.5, 0.6) is 11.9 Å². The van der Waals surface area contributed by atoms with E-state index in [-0.39, 0.29) is 65.7 Å². The van der Waals surface area contributed by atoms with E-state index in [2.05, 4.69) is 27.6 Å². The SMILES string of the molecule is C#Cc1cccc2cc(NC(=O)OC(C)(C)C)cc(-c3nc4c5c(nc(OCC67CC(=C)CN6C[C@H](F)C7)nc5c3F)N3C[C@H]5CC[C@@H]([C@H]3[C@H](C)O4)N5C(=O)OC(C)(C)C)c12. The number of aromatic nitrogens is 3. The maximum absolute atomic E-state index is 17.9. The molecule has 2 aromatic carbocycles. The molecule has 4 aromatic rings. The molecule has 0 spiro atoms. The standard InChI is InChI=1S/C46H51F2N7O6/c1-10-26-12-11-13-27-16-29(49-42(56)60-44(4,5)6)17-31(33(26)27)36-35(48)37-34-39(52-41(51-37)58-23-46-18-24(2)20-53(46)21-28(47)19-46)54-22-30-14-15-32(38(54)25(3)59-40(34)50-36)55(30)43(57)61-45(7,8)9/h1,11-13,16-17,25,28,30,32,38H,2,14-15,18-23H2,3-9H3,(H,49,56)/t25-,28+,30+,32-,38+,46?/m0/s1. The predicted octanol–water partition coefficient (Wildman–Crippen LogP) is 8.17. The van der Waals surface area contributed by atoms with Crippen molar-refractivity contribution in [2.24, 2.45) is 0 Å². The number of amides is 2. The number of ether oxygens (including phenoxy) is 4. The molecule has 0 radical (unpaired) electrons. The van der Waals surface area contributed by atoms with Crippen molar-refractivity contribution in [1.29, 1.82) is 0 Å². The lowest BCUT2D eigenvalue weighted by Crippen LogP contribution is -2.65. The molecule has 0 aliphatic carbocycles. The molecule has 15 heteroatoms. The number of alkyl halides is 1. The number of pyridine rings is 1. The molecular weight excluding hydrogens is 785 g/mol.